The summed E-state index contributed by atoms with van der Waals surface area (Å²) in [4.78, 5) is 34.8. The van der Waals surface area contributed by atoms with Crippen LogP contribution in [0.15, 0.2) is 12.1 Å². The lowest BCUT2D eigenvalue weighted by atomic mass is 9.95. The predicted octanol–water partition coefficient (Wildman–Crippen LogP) is 2.01. The number of carboxylic acid groups (broad SMARTS) is 1. The Morgan fingerprint density at radius 2 is 2.04 bits per heavy atom. The van der Waals surface area contributed by atoms with Crippen molar-refractivity contribution in [1.82, 2.24) is 5.32 Å². The fourth-order valence-electron chi connectivity index (χ4n) is 2.60. The van der Waals surface area contributed by atoms with Crippen molar-refractivity contribution in [3.05, 3.63) is 28.8 Å². The van der Waals surface area contributed by atoms with Gasteiger partial charge in [-0.05, 0) is 50.5 Å². The number of amides is 2. The van der Waals surface area contributed by atoms with Crippen LogP contribution in [-0.4, -0.2) is 34.7 Å². The van der Waals surface area contributed by atoms with Crippen LogP contribution in [-0.2, 0) is 27.2 Å². The number of alkyl carbamates (subject to hydrolysis) is 1. The van der Waals surface area contributed by atoms with Crippen LogP contribution in [0.25, 0.3) is 0 Å². The highest BCUT2D eigenvalue weighted by atomic mass is 16.6. The number of hydrogen-bond donors (Lipinski definition) is 3. The average molecular weight is 334 g/mol. The van der Waals surface area contributed by atoms with E-state index in [1.807, 2.05) is 6.92 Å². The summed E-state index contributed by atoms with van der Waals surface area (Å²) in [6, 6.07) is 2.42. The number of anilines is 1. The Morgan fingerprint density at radius 3 is 2.62 bits per heavy atom. The Bertz CT molecular complexity index is 691. The van der Waals surface area contributed by atoms with Gasteiger partial charge in [-0.3, -0.25) is 4.79 Å². The van der Waals surface area contributed by atoms with Gasteiger partial charge in [0.05, 0.1) is 6.42 Å². The largest absolute Gasteiger partial charge is 0.480 e. The van der Waals surface area contributed by atoms with Gasteiger partial charge < -0.3 is 20.5 Å². The molecular weight excluding hydrogens is 312 g/mol. The number of fused-ring (bicyclic) bond motifs is 1. The third-order valence-electron chi connectivity index (χ3n) is 3.74. The maximum atomic E-state index is 11.8. The van der Waals surface area contributed by atoms with Gasteiger partial charge in [0.2, 0.25) is 5.91 Å². The molecule has 7 nitrogen and oxygen atoms in total. The number of hydrogen-bond acceptors (Lipinski definition) is 4. The molecule has 0 saturated heterocycles. The minimum atomic E-state index is -1.14. The first kappa shape index (κ1) is 17.8. The number of benzene rings is 1. The highest BCUT2D eigenvalue weighted by Gasteiger charge is 2.26. The first-order chi connectivity index (χ1) is 11.1. The number of carbonyl (C=O) groups excluding carboxylic acids is 2. The highest BCUT2D eigenvalue weighted by Crippen LogP contribution is 2.29. The Labute approximate surface area is 140 Å². The molecule has 1 heterocycles. The molecule has 0 bridgehead atoms. The molecule has 24 heavy (non-hydrogen) atoms. The third kappa shape index (κ3) is 4.24. The maximum absolute atomic E-state index is 11.8. The molecule has 2 rings (SSSR count). The molecule has 0 aromatic heterocycles. The van der Waals surface area contributed by atoms with Gasteiger partial charge >= 0.3 is 12.1 Å². The van der Waals surface area contributed by atoms with Crippen LogP contribution in [0.3, 0.4) is 0 Å². The zero-order chi connectivity index (χ0) is 18.1. The molecule has 3 N–H and O–H groups in total. The molecule has 1 unspecified atom stereocenters. The molecule has 0 fully saturated rings. The van der Waals surface area contributed by atoms with E-state index in [0.717, 1.165) is 22.4 Å². The van der Waals surface area contributed by atoms with E-state index in [2.05, 4.69) is 10.6 Å². The molecule has 1 aromatic carbocycles. The summed E-state index contributed by atoms with van der Waals surface area (Å²) in [5, 5.41) is 14.5. The zero-order valence-corrected chi connectivity index (χ0v) is 14.2. The smallest absolute Gasteiger partial charge is 0.408 e. The summed E-state index contributed by atoms with van der Waals surface area (Å²) in [5.41, 5.74) is 2.56. The Kier molecular flexibility index (Phi) is 4.82. The molecule has 0 aliphatic carbocycles. The van der Waals surface area contributed by atoms with Crippen LogP contribution in [0, 0.1) is 6.92 Å². The van der Waals surface area contributed by atoms with Gasteiger partial charge in [-0.2, -0.15) is 0 Å². The van der Waals surface area contributed by atoms with Crippen molar-refractivity contribution in [2.24, 2.45) is 0 Å². The molecule has 0 saturated carbocycles. The lowest BCUT2D eigenvalue weighted by molar-refractivity contribution is -0.139. The van der Waals surface area contributed by atoms with Gasteiger partial charge in [-0.1, -0.05) is 6.07 Å². The molecule has 130 valence electrons. The number of carboxylic acids is 1. The minimum absolute atomic E-state index is 0.0769. The van der Waals surface area contributed by atoms with Crippen molar-refractivity contribution in [2.45, 2.75) is 52.2 Å². The van der Waals surface area contributed by atoms with E-state index < -0.39 is 23.7 Å². The predicted molar refractivity (Wildman–Crippen MR) is 88.0 cm³/mol. The van der Waals surface area contributed by atoms with Crippen molar-refractivity contribution < 1.29 is 24.2 Å². The molecule has 0 radical (unpaired) electrons. The number of carbonyl (C=O) groups is 3. The number of aliphatic carboxylic acids is 1. The highest BCUT2D eigenvalue weighted by molar-refractivity contribution is 5.99. The second-order valence-corrected chi connectivity index (χ2v) is 6.84. The standard InChI is InChI=1S/C17H22N2O5/c1-9-10(5-6-12-11(9)8-14(20)18-12)7-13(15(21)22)19-16(23)24-17(2,3)4/h5-6,13H,7-8H2,1-4H3,(H,18,20)(H,19,23)(H,21,22). The second kappa shape index (κ2) is 6.51. The van der Waals surface area contributed by atoms with Gasteiger partial charge in [-0.15, -0.1) is 0 Å². The van der Waals surface area contributed by atoms with Gasteiger partial charge in [0.25, 0.3) is 0 Å². The molecule has 1 aliphatic rings. The molecule has 1 atom stereocenters. The van der Waals surface area contributed by atoms with Crippen molar-refractivity contribution >= 4 is 23.7 Å². The first-order valence-corrected chi connectivity index (χ1v) is 7.70. The third-order valence-corrected chi connectivity index (χ3v) is 3.74. The fourth-order valence-corrected chi connectivity index (χ4v) is 2.60. The molecule has 1 aliphatic heterocycles. The lowest BCUT2D eigenvalue weighted by Gasteiger charge is -2.22. The van der Waals surface area contributed by atoms with Gasteiger partial charge in [0.1, 0.15) is 11.6 Å². The fraction of sp³-hybridized carbons (Fsp3) is 0.471. The summed E-state index contributed by atoms with van der Waals surface area (Å²) < 4.78 is 5.11. The summed E-state index contributed by atoms with van der Waals surface area (Å²) in [5.74, 6) is -1.22. The van der Waals surface area contributed by atoms with Gasteiger partial charge in [-0.25, -0.2) is 9.59 Å². The molecule has 0 spiro atoms. The van der Waals surface area contributed by atoms with E-state index in [1.165, 1.54) is 0 Å². The van der Waals surface area contributed by atoms with Crippen LogP contribution in [0.2, 0.25) is 0 Å². The topological polar surface area (TPSA) is 105 Å². The van der Waals surface area contributed by atoms with Crippen LogP contribution in [0.4, 0.5) is 10.5 Å². The number of rotatable bonds is 4. The van der Waals surface area contributed by atoms with E-state index in [9.17, 15) is 19.5 Å². The quantitative estimate of drug-likeness (QED) is 0.781. The van der Waals surface area contributed by atoms with Crippen LogP contribution in [0.5, 0.6) is 0 Å². The Morgan fingerprint density at radius 1 is 1.38 bits per heavy atom. The molecule has 1 aromatic rings. The zero-order valence-electron chi connectivity index (χ0n) is 14.2. The summed E-state index contributed by atoms with van der Waals surface area (Å²) >= 11 is 0. The lowest BCUT2D eigenvalue weighted by Crippen LogP contribution is -2.44. The Hall–Kier alpha value is -2.57. The molecular formula is C17H22N2O5. The second-order valence-electron chi connectivity index (χ2n) is 6.84. The SMILES string of the molecule is Cc1c(CC(NC(=O)OC(C)(C)C)C(=O)O)ccc2c1CC(=O)N2. The number of nitrogens with one attached hydrogen (secondary N) is 2. The summed E-state index contributed by atoms with van der Waals surface area (Å²) in [7, 11) is 0. The van der Waals surface area contributed by atoms with Gasteiger partial charge in [0.15, 0.2) is 0 Å². The minimum Gasteiger partial charge on any atom is -0.480 e. The van der Waals surface area contributed by atoms with Crippen LogP contribution in [0.1, 0.15) is 37.5 Å². The number of ether oxygens (including phenoxy) is 1. The monoisotopic (exact) mass is 334 g/mol. The normalized spacial score (nSPS) is 14.6. The van der Waals surface area contributed by atoms with E-state index in [-0.39, 0.29) is 18.7 Å². The first-order valence-electron chi connectivity index (χ1n) is 7.70. The van der Waals surface area contributed by atoms with E-state index in [0.29, 0.717) is 0 Å². The Balaban J connectivity index is 2.15. The maximum Gasteiger partial charge on any atom is 0.408 e. The summed E-state index contributed by atoms with van der Waals surface area (Å²) in [6.07, 6.45) is -0.376. The van der Waals surface area contributed by atoms with E-state index >= 15 is 0 Å². The summed E-state index contributed by atoms with van der Waals surface area (Å²) in [6.45, 7) is 6.96. The molecule has 7 heteroatoms. The van der Waals surface area contributed by atoms with Crippen molar-refractivity contribution in [3.8, 4) is 0 Å². The van der Waals surface area contributed by atoms with Gasteiger partial charge in [0, 0.05) is 12.1 Å². The van der Waals surface area contributed by atoms with E-state index in [4.69, 9.17) is 4.74 Å². The van der Waals surface area contributed by atoms with E-state index in [1.54, 1.807) is 32.9 Å². The molecule has 2 amide bonds. The van der Waals surface area contributed by atoms with Crippen molar-refractivity contribution in [3.63, 3.8) is 0 Å². The van der Waals surface area contributed by atoms with Crippen molar-refractivity contribution in [2.75, 3.05) is 5.32 Å². The van der Waals surface area contributed by atoms with Crippen LogP contribution >= 0.6 is 0 Å². The van der Waals surface area contributed by atoms with Crippen molar-refractivity contribution in [1.29, 1.82) is 0 Å². The van der Waals surface area contributed by atoms with Crippen LogP contribution < -0.4 is 10.6 Å². The average Bonchev–Trinajstić information content (AvgIpc) is 2.80.